The van der Waals surface area contributed by atoms with Crippen molar-refractivity contribution < 1.29 is 18.7 Å². The summed E-state index contributed by atoms with van der Waals surface area (Å²) in [5, 5.41) is 0.329. The highest BCUT2D eigenvalue weighted by molar-refractivity contribution is 7.15. The van der Waals surface area contributed by atoms with Crippen molar-refractivity contribution >= 4 is 22.4 Å². The molecule has 28 heavy (non-hydrogen) atoms. The van der Waals surface area contributed by atoms with Gasteiger partial charge in [0.1, 0.15) is 0 Å². The number of aromatic nitrogens is 1. The number of carbonyl (C=O) groups is 1. The first kappa shape index (κ1) is 22.1. The van der Waals surface area contributed by atoms with E-state index in [1.165, 1.54) is 17.4 Å². The highest BCUT2D eigenvalue weighted by Gasteiger charge is 2.18. The molecule has 0 spiro atoms. The van der Waals surface area contributed by atoms with E-state index < -0.39 is 5.97 Å². The van der Waals surface area contributed by atoms with Gasteiger partial charge in [0.15, 0.2) is 22.4 Å². The molecule has 0 unspecified atom stereocenters. The van der Waals surface area contributed by atoms with Crippen molar-refractivity contribution in [1.29, 1.82) is 0 Å². The van der Waals surface area contributed by atoms with Crippen LogP contribution in [0.15, 0.2) is 18.2 Å². The molecule has 0 aliphatic carbocycles. The normalized spacial score (nSPS) is 11.0. The molecule has 0 aliphatic heterocycles. The maximum atomic E-state index is 14.2. The minimum atomic E-state index is -0.470. The van der Waals surface area contributed by atoms with Gasteiger partial charge in [0, 0.05) is 4.88 Å². The molecule has 0 amide bonds. The molecule has 0 aliphatic rings. The van der Waals surface area contributed by atoms with Crippen LogP contribution in [0.2, 0.25) is 0 Å². The summed E-state index contributed by atoms with van der Waals surface area (Å²) in [6.45, 7) is 3.32. The van der Waals surface area contributed by atoms with E-state index in [-0.39, 0.29) is 23.9 Å². The number of ether oxygens (including phenoxy) is 2. The van der Waals surface area contributed by atoms with E-state index in [9.17, 15) is 9.18 Å². The summed E-state index contributed by atoms with van der Waals surface area (Å²) in [7, 11) is 4.04. The third-order valence-electron chi connectivity index (χ3n) is 4.06. The van der Waals surface area contributed by atoms with Crippen LogP contribution in [0.25, 0.3) is 0 Å². The molecule has 2 rings (SSSR count). The third kappa shape index (κ3) is 6.76. The van der Waals surface area contributed by atoms with Gasteiger partial charge in [-0.2, -0.15) is 0 Å². The van der Waals surface area contributed by atoms with Crippen molar-refractivity contribution in [3.05, 3.63) is 40.2 Å². The number of nitrogen functional groups attached to an aromatic ring is 1. The van der Waals surface area contributed by atoms with E-state index in [0.29, 0.717) is 24.6 Å². The van der Waals surface area contributed by atoms with Gasteiger partial charge in [-0.1, -0.05) is 6.07 Å². The van der Waals surface area contributed by atoms with E-state index >= 15 is 0 Å². The summed E-state index contributed by atoms with van der Waals surface area (Å²) in [5.74, 6) is -0.579. The Morgan fingerprint density at radius 3 is 2.75 bits per heavy atom. The number of benzene rings is 1. The molecule has 154 valence electrons. The summed E-state index contributed by atoms with van der Waals surface area (Å²) in [5.41, 5.74) is 6.94. The van der Waals surface area contributed by atoms with E-state index in [1.807, 2.05) is 20.2 Å². The van der Waals surface area contributed by atoms with Crippen molar-refractivity contribution in [2.75, 3.05) is 39.6 Å². The van der Waals surface area contributed by atoms with E-state index in [2.05, 4.69) is 9.88 Å². The zero-order chi connectivity index (χ0) is 20.5. The molecule has 1 aromatic heterocycles. The lowest BCUT2D eigenvalue weighted by Gasteiger charge is -2.11. The summed E-state index contributed by atoms with van der Waals surface area (Å²) in [6, 6.07) is 5.11. The summed E-state index contributed by atoms with van der Waals surface area (Å²) in [6.07, 6.45) is 2.98. The van der Waals surface area contributed by atoms with Crippen LogP contribution in [0, 0.1) is 5.82 Å². The third-order valence-corrected chi connectivity index (χ3v) is 5.00. The number of thiazole rings is 1. The second-order valence-electron chi connectivity index (χ2n) is 6.67. The number of hydrogen-bond acceptors (Lipinski definition) is 7. The lowest BCUT2D eigenvalue weighted by Crippen LogP contribution is -2.13. The van der Waals surface area contributed by atoms with Crippen molar-refractivity contribution in [2.45, 2.75) is 32.6 Å². The number of halogens is 1. The van der Waals surface area contributed by atoms with Crippen molar-refractivity contribution in [2.24, 2.45) is 0 Å². The van der Waals surface area contributed by atoms with Crippen LogP contribution in [0.4, 0.5) is 9.52 Å². The number of hydrogen-bond donors (Lipinski definition) is 1. The zero-order valence-corrected chi connectivity index (χ0v) is 17.5. The maximum Gasteiger partial charge on any atom is 0.358 e. The largest absolute Gasteiger partial charge is 0.491 e. The van der Waals surface area contributed by atoms with Crippen LogP contribution in [0.3, 0.4) is 0 Å². The number of aryl methyl sites for hydroxylation is 2. The molecule has 0 bridgehead atoms. The molecule has 0 radical (unpaired) electrons. The molecule has 0 fully saturated rings. The number of esters is 1. The second kappa shape index (κ2) is 11.0. The van der Waals surface area contributed by atoms with Crippen molar-refractivity contribution in [1.82, 2.24) is 9.88 Å². The molecular weight excluding hydrogens is 381 g/mol. The Balaban J connectivity index is 1.83. The Morgan fingerprint density at radius 1 is 1.29 bits per heavy atom. The highest BCUT2D eigenvalue weighted by Crippen LogP contribution is 2.24. The predicted molar refractivity (Wildman–Crippen MR) is 110 cm³/mol. The molecular formula is C20H28FN3O3S. The van der Waals surface area contributed by atoms with Crippen LogP contribution in [0.5, 0.6) is 5.75 Å². The first-order valence-electron chi connectivity index (χ1n) is 9.39. The number of nitrogens with zero attached hydrogens (tertiary/aromatic N) is 2. The molecule has 0 atom stereocenters. The molecule has 2 aromatic rings. The van der Waals surface area contributed by atoms with Gasteiger partial charge < -0.3 is 20.1 Å². The van der Waals surface area contributed by atoms with Gasteiger partial charge in [0.05, 0.1) is 13.2 Å². The average Bonchev–Trinajstić information content (AvgIpc) is 3.01. The summed E-state index contributed by atoms with van der Waals surface area (Å²) in [4.78, 5) is 18.8. The smallest absolute Gasteiger partial charge is 0.358 e. The fourth-order valence-corrected chi connectivity index (χ4v) is 3.59. The van der Waals surface area contributed by atoms with Gasteiger partial charge >= 0.3 is 5.97 Å². The van der Waals surface area contributed by atoms with E-state index in [0.717, 1.165) is 29.8 Å². The van der Waals surface area contributed by atoms with Crippen molar-refractivity contribution in [3.8, 4) is 5.75 Å². The van der Waals surface area contributed by atoms with Crippen LogP contribution in [-0.2, 0) is 17.6 Å². The van der Waals surface area contributed by atoms with Gasteiger partial charge in [-0.3, -0.25) is 0 Å². The topological polar surface area (TPSA) is 77.7 Å². The standard InChI is InChI=1S/C20H28FN3O3S/c1-4-26-19(25)18-17(28-20(22)23-18)8-6-12-27-16-10-9-14(13-15(16)21)7-5-11-24(2)3/h9-10,13H,4-8,11-12H2,1-3H3,(H2,22,23). The molecule has 2 N–H and O–H groups in total. The van der Waals surface area contributed by atoms with E-state index in [1.54, 1.807) is 13.0 Å². The first-order chi connectivity index (χ1) is 13.4. The number of nitrogens with two attached hydrogens (primary N) is 1. The first-order valence-corrected chi connectivity index (χ1v) is 10.2. The SMILES string of the molecule is CCOC(=O)c1nc(N)sc1CCCOc1ccc(CCCN(C)C)cc1F. The van der Waals surface area contributed by atoms with Crippen LogP contribution in [-0.4, -0.2) is 49.7 Å². The van der Waals surface area contributed by atoms with Gasteiger partial charge in [-0.15, -0.1) is 11.3 Å². The van der Waals surface area contributed by atoms with Crippen LogP contribution >= 0.6 is 11.3 Å². The summed E-state index contributed by atoms with van der Waals surface area (Å²) < 4.78 is 24.8. The molecule has 0 saturated carbocycles. The Morgan fingerprint density at radius 2 is 2.07 bits per heavy atom. The number of carbonyl (C=O) groups excluding carboxylic acids is 1. The average molecular weight is 410 g/mol. The van der Waals surface area contributed by atoms with Gasteiger partial charge in [0.25, 0.3) is 0 Å². The lowest BCUT2D eigenvalue weighted by molar-refractivity contribution is 0.0519. The lowest BCUT2D eigenvalue weighted by atomic mass is 10.1. The fraction of sp³-hybridized carbons (Fsp3) is 0.500. The van der Waals surface area contributed by atoms with Crippen molar-refractivity contribution in [3.63, 3.8) is 0 Å². The minimum Gasteiger partial charge on any atom is -0.491 e. The molecule has 1 aromatic carbocycles. The zero-order valence-electron chi connectivity index (χ0n) is 16.7. The maximum absolute atomic E-state index is 14.2. The minimum absolute atomic E-state index is 0.241. The Kier molecular flexibility index (Phi) is 8.66. The predicted octanol–water partition coefficient (Wildman–Crippen LogP) is 3.55. The Bertz CT molecular complexity index is 780. The van der Waals surface area contributed by atoms with Crippen LogP contribution < -0.4 is 10.5 Å². The fourth-order valence-electron chi connectivity index (χ4n) is 2.73. The monoisotopic (exact) mass is 409 g/mol. The van der Waals surface area contributed by atoms with Crippen LogP contribution in [0.1, 0.15) is 40.7 Å². The molecule has 1 heterocycles. The molecule has 6 nitrogen and oxygen atoms in total. The second-order valence-corrected chi connectivity index (χ2v) is 7.78. The number of rotatable bonds is 11. The van der Waals surface area contributed by atoms with Gasteiger partial charge in [-0.25, -0.2) is 14.2 Å². The quantitative estimate of drug-likeness (QED) is 0.452. The van der Waals surface area contributed by atoms with Gasteiger partial charge in [0.2, 0.25) is 0 Å². The summed E-state index contributed by atoms with van der Waals surface area (Å²) >= 11 is 1.26. The Labute approximate surface area is 169 Å². The molecule has 8 heteroatoms. The van der Waals surface area contributed by atoms with E-state index in [4.69, 9.17) is 15.2 Å². The molecule has 0 saturated heterocycles. The Hall–Kier alpha value is -2.19. The number of anilines is 1. The highest BCUT2D eigenvalue weighted by atomic mass is 32.1. The van der Waals surface area contributed by atoms with Gasteiger partial charge in [-0.05, 0) is 70.9 Å².